The lowest BCUT2D eigenvalue weighted by Crippen LogP contribution is -2.45. The second-order valence-corrected chi connectivity index (χ2v) is 7.49. The summed E-state index contributed by atoms with van der Waals surface area (Å²) in [5.74, 6) is -0.480. The molecule has 0 spiro atoms. The molecule has 0 bridgehead atoms. The second kappa shape index (κ2) is 9.34. The van der Waals surface area contributed by atoms with Gasteiger partial charge in [-0.05, 0) is 42.0 Å². The molecule has 0 radical (unpaired) electrons. The lowest BCUT2D eigenvalue weighted by atomic mass is 10.0. The Balaban J connectivity index is 1.55. The Kier molecular flexibility index (Phi) is 6.62. The minimum absolute atomic E-state index is 0.0780. The number of nitrogens with one attached hydrogen (secondary N) is 2. The number of benzene rings is 1. The molecule has 1 aromatic heterocycles. The van der Waals surface area contributed by atoms with Gasteiger partial charge in [0.2, 0.25) is 5.91 Å². The van der Waals surface area contributed by atoms with E-state index < -0.39 is 5.91 Å². The quantitative estimate of drug-likeness (QED) is 0.406. The van der Waals surface area contributed by atoms with Crippen molar-refractivity contribution < 1.29 is 14.8 Å². The highest BCUT2D eigenvalue weighted by atomic mass is 32.1. The van der Waals surface area contributed by atoms with Crippen molar-refractivity contribution in [3.05, 3.63) is 58.3 Å². The number of carbonyl (C=O) groups is 2. The van der Waals surface area contributed by atoms with Crippen LogP contribution >= 0.6 is 11.3 Å². The fraction of sp³-hybridized carbons (Fsp3) is 0.300. The molecule has 1 aliphatic heterocycles. The third-order valence-electron chi connectivity index (χ3n) is 4.58. The Morgan fingerprint density at radius 2 is 1.96 bits per heavy atom. The van der Waals surface area contributed by atoms with Crippen LogP contribution in [0.1, 0.15) is 23.3 Å². The number of amides is 2. The van der Waals surface area contributed by atoms with Crippen LogP contribution in [0.3, 0.4) is 0 Å². The number of thiophene rings is 1. The maximum Gasteiger partial charge on any atom is 0.267 e. The van der Waals surface area contributed by atoms with Gasteiger partial charge >= 0.3 is 0 Å². The number of nitrogens with zero attached hydrogens (tertiary/aromatic N) is 1. The van der Waals surface area contributed by atoms with E-state index in [0.717, 1.165) is 42.1 Å². The van der Waals surface area contributed by atoms with Crippen molar-refractivity contribution in [1.29, 1.82) is 0 Å². The standard InChI is InChI=1S/C20H23N3O3S/c24-19(22-26)8-7-15-4-1-2-6-18(15)23-11-9-16(10-12-23)21-20(25)14-17-5-3-13-27-17/h1-8,13,16,26H,9-12,14H2,(H,21,25)(H,22,24)/b8-7+. The molecular formula is C20H23N3O3S. The summed E-state index contributed by atoms with van der Waals surface area (Å²) >= 11 is 1.60. The number of carbonyl (C=O) groups excluding carboxylic acids is 2. The van der Waals surface area contributed by atoms with Gasteiger partial charge < -0.3 is 10.2 Å². The normalized spacial score (nSPS) is 15.1. The average Bonchev–Trinajstić information content (AvgIpc) is 3.20. The molecule has 3 N–H and O–H groups in total. The summed E-state index contributed by atoms with van der Waals surface area (Å²) in [5, 5.41) is 13.7. The minimum atomic E-state index is -0.558. The van der Waals surface area contributed by atoms with Gasteiger partial charge in [0.15, 0.2) is 0 Å². The number of hydrogen-bond donors (Lipinski definition) is 3. The molecule has 27 heavy (non-hydrogen) atoms. The highest BCUT2D eigenvalue weighted by Gasteiger charge is 2.22. The van der Waals surface area contributed by atoms with Crippen LogP contribution < -0.4 is 15.7 Å². The zero-order valence-corrected chi connectivity index (χ0v) is 15.7. The van der Waals surface area contributed by atoms with Crippen molar-refractivity contribution >= 4 is 34.9 Å². The fourth-order valence-corrected chi connectivity index (χ4v) is 3.94. The van der Waals surface area contributed by atoms with E-state index in [4.69, 9.17) is 5.21 Å². The van der Waals surface area contributed by atoms with E-state index in [2.05, 4.69) is 10.2 Å². The van der Waals surface area contributed by atoms with E-state index >= 15 is 0 Å². The summed E-state index contributed by atoms with van der Waals surface area (Å²) in [6.07, 6.45) is 5.20. The second-order valence-electron chi connectivity index (χ2n) is 6.45. The molecule has 1 aliphatic rings. The molecule has 0 aliphatic carbocycles. The van der Waals surface area contributed by atoms with Crippen LogP contribution in [0, 0.1) is 0 Å². The first-order valence-corrected chi connectivity index (χ1v) is 9.81. The Bertz CT molecular complexity index is 797. The SMILES string of the molecule is O=C(/C=C/c1ccccc1N1CCC(NC(=O)Cc2cccs2)CC1)NO. The third kappa shape index (κ3) is 5.42. The maximum absolute atomic E-state index is 12.2. The zero-order chi connectivity index (χ0) is 19.1. The van der Waals surface area contributed by atoms with Crippen LogP contribution in [0.2, 0.25) is 0 Å². The number of rotatable bonds is 6. The first kappa shape index (κ1) is 19.1. The third-order valence-corrected chi connectivity index (χ3v) is 5.45. The average molecular weight is 385 g/mol. The van der Waals surface area contributed by atoms with Gasteiger partial charge in [0.25, 0.3) is 5.91 Å². The van der Waals surface area contributed by atoms with Gasteiger partial charge in [0.05, 0.1) is 6.42 Å². The van der Waals surface area contributed by atoms with Gasteiger partial charge in [0, 0.05) is 35.8 Å². The fourth-order valence-electron chi connectivity index (χ4n) is 3.23. The first-order chi connectivity index (χ1) is 13.2. The smallest absolute Gasteiger partial charge is 0.267 e. The van der Waals surface area contributed by atoms with Crippen molar-refractivity contribution in [2.45, 2.75) is 25.3 Å². The lowest BCUT2D eigenvalue weighted by molar-refractivity contribution is -0.124. The van der Waals surface area contributed by atoms with Gasteiger partial charge in [0.1, 0.15) is 0 Å². The molecule has 1 fully saturated rings. The summed E-state index contributed by atoms with van der Waals surface area (Å²) in [6.45, 7) is 1.67. The first-order valence-electron chi connectivity index (χ1n) is 8.93. The highest BCUT2D eigenvalue weighted by Crippen LogP contribution is 2.25. The van der Waals surface area contributed by atoms with Crippen molar-refractivity contribution in [3.63, 3.8) is 0 Å². The predicted octanol–water partition coefficient (Wildman–Crippen LogP) is 2.59. The molecular weight excluding hydrogens is 362 g/mol. The number of piperidine rings is 1. The van der Waals surface area contributed by atoms with Gasteiger partial charge in [-0.2, -0.15) is 0 Å². The van der Waals surface area contributed by atoms with Crippen LogP contribution in [0.5, 0.6) is 0 Å². The van der Waals surface area contributed by atoms with E-state index in [0.29, 0.717) is 6.42 Å². The van der Waals surface area contributed by atoms with E-state index in [1.807, 2.05) is 41.8 Å². The number of hydroxylamine groups is 1. The van der Waals surface area contributed by atoms with Crippen LogP contribution in [-0.4, -0.2) is 36.2 Å². The van der Waals surface area contributed by atoms with Crippen LogP contribution in [0.25, 0.3) is 6.08 Å². The van der Waals surface area contributed by atoms with Crippen molar-refractivity contribution in [3.8, 4) is 0 Å². The molecule has 142 valence electrons. The largest absolute Gasteiger partial charge is 0.371 e. The topological polar surface area (TPSA) is 81.7 Å². The molecule has 7 heteroatoms. The van der Waals surface area contributed by atoms with Gasteiger partial charge in [-0.15, -0.1) is 11.3 Å². The van der Waals surface area contributed by atoms with E-state index in [9.17, 15) is 9.59 Å². The van der Waals surface area contributed by atoms with Crippen LogP contribution in [0.15, 0.2) is 47.9 Å². The van der Waals surface area contributed by atoms with Crippen molar-refractivity contribution in [2.75, 3.05) is 18.0 Å². The van der Waals surface area contributed by atoms with Crippen LogP contribution in [-0.2, 0) is 16.0 Å². The Morgan fingerprint density at radius 3 is 2.67 bits per heavy atom. The number of hydrogen-bond acceptors (Lipinski definition) is 5. The summed E-state index contributed by atoms with van der Waals surface area (Å²) in [6, 6.07) is 12.0. The van der Waals surface area contributed by atoms with Gasteiger partial charge in [-0.25, -0.2) is 5.48 Å². The maximum atomic E-state index is 12.2. The van der Waals surface area contributed by atoms with Gasteiger partial charge in [-0.3, -0.25) is 14.8 Å². The minimum Gasteiger partial charge on any atom is -0.371 e. The molecule has 0 unspecified atom stereocenters. The lowest BCUT2D eigenvalue weighted by Gasteiger charge is -2.34. The van der Waals surface area contributed by atoms with E-state index in [1.54, 1.807) is 22.9 Å². The predicted molar refractivity (Wildman–Crippen MR) is 107 cm³/mol. The van der Waals surface area contributed by atoms with Crippen molar-refractivity contribution in [2.24, 2.45) is 0 Å². The number of anilines is 1. The van der Waals surface area contributed by atoms with E-state index in [1.165, 1.54) is 6.08 Å². The molecule has 1 aromatic carbocycles. The van der Waals surface area contributed by atoms with E-state index in [-0.39, 0.29) is 11.9 Å². The summed E-state index contributed by atoms with van der Waals surface area (Å²) in [5.41, 5.74) is 3.56. The summed E-state index contributed by atoms with van der Waals surface area (Å²) in [4.78, 5) is 26.8. The molecule has 6 nitrogen and oxygen atoms in total. The number of para-hydroxylation sites is 1. The molecule has 1 saturated heterocycles. The molecule has 3 rings (SSSR count). The Morgan fingerprint density at radius 1 is 1.19 bits per heavy atom. The Hall–Kier alpha value is -2.64. The molecule has 0 atom stereocenters. The highest BCUT2D eigenvalue weighted by molar-refractivity contribution is 7.10. The van der Waals surface area contributed by atoms with Crippen LogP contribution in [0.4, 0.5) is 5.69 Å². The van der Waals surface area contributed by atoms with Crippen molar-refractivity contribution in [1.82, 2.24) is 10.8 Å². The zero-order valence-electron chi connectivity index (χ0n) is 14.9. The molecule has 2 amide bonds. The molecule has 2 heterocycles. The van der Waals surface area contributed by atoms with Gasteiger partial charge in [-0.1, -0.05) is 24.3 Å². The molecule has 0 saturated carbocycles. The molecule has 2 aromatic rings. The monoisotopic (exact) mass is 385 g/mol. The summed E-state index contributed by atoms with van der Waals surface area (Å²) < 4.78 is 0. The summed E-state index contributed by atoms with van der Waals surface area (Å²) in [7, 11) is 0. The Labute approximate surface area is 162 Å².